The number of benzene rings is 1. The Morgan fingerprint density at radius 2 is 1.95 bits per heavy atom. The molecule has 1 aromatic carbocycles. The van der Waals surface area contributed by atoms with Gasteiger partial charge in [0, 0.05) is 5.69 Å². The summed E-state index contributed by atoms with van der Waals surface area (Å²) in [5, 5.41) is 2.75. The molecule has 0 aromatic heterocycles. The minimum atomic E-state index is -3.53. The van der Waals surface area contributed by atoms with Crippen molar-refractivity contribution in [3.05, 3.63) is 23.2 Å². The molecular formula is C12H17ClN2O3S. The van der Waals surface area contributed by atoms with Gasteiger partial charge in [0.25, 0.3) is 0 Å². The molecule has 0 aliphatic carbocycles. The molecular weight excluding hydrogens is 288 g/mol. The average molecular weight is 305 g/mol. The van der Waals surface area contributed by atoms with Crippen molar-refractivity contribution >= 4 is 38.7 Å². The first kappa shape index (κ1) is 15.8. The number of amides is 1. The lowest BCUT2D eigenvalue weighted by atomic mass is 10.3. The third-order valence-corrected chi connectivity index (χ3v) is 5.36. The Morgan fingerprint density at radius 3 is 2.47 bits per heavy atom. The van der Waals surface area contributed by atoms with E-state index >= 15 is 0 Å². The van der Waals surface area contributed by atoms with E-state index in [2.05, 4.69) is 5.32 Å². The Hall–Kier alpha value is -1.27. The lowest BCUT2D eigenvalue weighted by molar-refractivity contribution is -0.113. The van der Waals surface area contributed by atoms with E-state index in [1.54, 1.807) is 26.8 Å². The van der Waals surface area contributed by atoms with Crippen LogP contribution in [0, 0.1) is 0 Å². The molecule has 0 atom stereocenters. The molecule has 1 rings (SSSR count). The van der Waals surface area contributed by atoms with Crippen LogP contribution in [-0.4, -0.2) is 24.8 Å². The van der Waals surface area contributed by atoms with Crippen LogP contribution in [0.5, 0.6) is 0 Å². The highest BCUT2D eigenvalue weighted by molar-refractivity contribution is 7.93. The number of hydrogen-bond acceptors (Lipinski definition) is 4. The van der Waals surface area contributed by atoms with Crippen molar-refractivity contribution in [2.75, 3.05) is 16.8 Å². The normalized spacial score (nSPS) is 12.2. The molecule has 0 aliphatic heterocycles. The monoisotopic (exact) mass is 304 g/mol. The Balaban J connectivity index is 2.85. The van der Waals surface area contributed by atoms with Crippen molar-refractivity contribution in [2.45, 2.75) is 25.5 Å². The quantitative estimate of drug-likeness (QED) is 0.837. The van der Waals surface area contributed by atoms with E-state index < -0.39 is 26.2 Å². The van der Waals surface area contributed by atoms with Crippen LogP contribution < -0.4 is 11.1 Å². The average Bonchev–Trinajstić information content (AvgIpc) is 2.21. The minimum Gasteiger partial charge on any atom is -0.399 e. The highest BCUT2D eigenvalue weighted by Gasteiger charge is 2.31. The number of carbonyl (C=O) groups is 1. The zero-order valence-corrected chi connectivity index (χ0v) is 12.6. The number of hydrogen-bond donors (Lipinski definition) is 2. The number of rotatable bonds is 3. The zero-order chi connectivity index (χ0) is 14.8. The fraction of sp³-hybridized carbons (Fsp3) is 0.417. The zero-order valence-electron chi connectivity index (χ0n) is 11.0. The molecule has 19 heavy (non-hydrogen) atoms. The number of nitrogens with one attached hydrogen (secondary N) is 1. The summed E-state index contributed by atoms with van der Waals surface area (Å²) in [5.74, 6) is -1.23. The summed E-state index contributed by atoms with van der Waals surface area (Å²) < 4.78 is 22.8. The summed E-state index contributed by atoms with van der Waals surface area (Å²) >= 11 is 5.88. The number of nitrogens with two attached hydrogens (primary N) is 1. The number of anilines is 2. The van der Waals surface area contributed by atoms with Crippen LogP contribution in [0.15, 0.2) is 18.2 Å². The fourth-order valence-corrected chi connectivity index (χ4v) is 2.23. The van der Waals surface area contributed by atoms with Gasteiger partial charge in [-0.25, -0.2) is 8.42 Å². The number of halogens is 1. The van der Waals surface area contributed by atoms with Gasteiger partial charge in [-0.3, -0.25) is 4.79 Å². The van der Waals surface area contributed by atoms with Crippen molar-refractivity contribution < 1.29 is 13.2 Å². The van der Waals surface area contributed by atoms with Gasteiger partial charge in [0.15, 0.2) is 9.84 Å². The van der Waals surface area contributed by atoms with E-state index in [-0.39, 0.29) is 0 Å². The van der Waals surface area contributed by atoms with Crippen LogP contribution in [0.25, 0.3) is 0 Å². The van der Waals surface area contributed by atoms with Gasteiger partial charge in [-0.15, -0.1) is 0 Å². The van der Waals surface area contributed by atoms with Crippen LogP contribution in [0.2, 0.25) is 5.02 Å². The maximum atomic E-state index is 11.9. The van der Waals surface area contributed by atoms with Crippen LogP contribution in [0.1, 0.15) is 20.8 Å². The van der Waals surface area contributed by atoms with Gasteiger partial charge < -0.3 is 11.1 Å². The highest BCUT2D eigenvalue weighted by Crippen LogP contribution is 2.24. The molecule has 3 N–H and O–H groups in total. The molecule has 0 bridgehead atoms. The first-order valence-electron chi connectivity index (χ1n) is 5.60. The second-order valence-corrected chi connectivity index (χ2v) is 8.31. The summed E-state index contributed by atoms with van der Waals surface area (Å²) in [4.78, 5) is 11.7. The summed E-state index contributed by atoms with van der Waals surface area (Å²) in [5.41, 5.74) is 6.30. The number of carbonyl (C=O) groups excluding carboxylic acids is 1. The third-order valence-electron chi connectivity index (χ3n) is 2.52. The van der Waals surface area contributed by atoms with Crippen molar-refractivity contribution in [1.29, 1.82) is 0 Å². The summed E-state index contributed by atoms with van der Waals surface area (Å²) in [6.07, 6.45) is 0. The maximum Gasteiger partial charge on any atom is 0.239 e. The Labute approximate surface area is 118 Å². The molecule has 0 aliphatic rings. The molecule has 0 saturated carbocycles. The topological polar surface area (TPSA) is 89.3 Å². The third kappa shape index (κ3) is 4.11. The Bertz CT molecular complexity index is 591. The summed E-state index contributed by atoms with van der Waals surface area (Å²) in [6.45, 7) is 4.63. The van der Waals surface area contributed by atoms with Crippen LogP contribution in [0.4, 0.5) is 11.4 Å². The van der Waals surface area contributed by atoms with E-state index in [1.807, 2.05) is 0 Å². The number of sulfone groups is 1. The van der Waals surface area contributed by atoms with Gasteiger partial charge in [0.05, 0.1) is 15.5 Å². The second kappa shape index (κ2) is 5.38. The van der Waals surface area contributed by atoms with Crippen molar-refractivity contribution in [2.24, 2.45) is 0 Å². The van der Waals surface area contributed by atoms with Gasteiger partial charge in [-0.1, -0.05) is 11.6 Å². The first-order valence-corrected chi connectivity index (χ1v) is 7.63. The molecule has 0 radical (unpaired) electrons. The van der Waals surface area contributed by atoms with Crippen LogP contribution >= 0.6 is 11.6 Å². The standard InChI is InChI=1S/C12H17ClN2O3S/c1-12(2,3)19(17,18)7-11(16)15-10-6-8(14)4-5-9(10)13/h4-6H,7,14H2,1-3H3,(H,15,16). The molecule has 0 saturated heterocycles. The van der Waals surface area contributed by atoms with Gasteiger partial charge in [-0.05, 0) is 39.0 Å². The van der Waals surface area contributed by atoms with Gasteiger partial charge in [0.2, 0.25) is 5.91 Å². The van der Waals surface area contributed by atoms with E-state index in [0.717, 1.165) is 0 Å². The molecule has 106 valence electrons. The molecule has 0 heterocycles. The Kier molecular flexibility index (Phi) is 4.47. The minimum absolute atomic E-state index is 0.302. The number of nitrogen functional groups attached to an aromatic ring is 1. The molecule has 0 unspecified atom stereocenters. The highest BCUT2D eigenvalue weighted by atomic mass is 35.5. The lowest BCUT2D eigenvalue weighted by Gasteiger charge is -2.18. The Morgan fingerprint density at radius 1 is 1.37 bits per heavy atom. The van der Waals surface area contributed by atoms with Crippen molar-refractivity contribution in [1.82, 2.24) is 0 Å². The van der Waals surface area contributed by atoms with Crippen LogP contribution in [0.3, 0.4) is 0 Å². The molecule has 0 spiro atoms. The second-order valence-electron chi connectivity index (χ2n) is 5.16. The van der Waals surface area contributed by atoms with E-state index in [9.17, 15) is 13.2 Å². The molecule has 1 amide bonds. The molecule has 0 fully saturated rings. The SMILES string of the molecule is CC(C)(C)S(=O)(=O)CC(=O)Nc1cc(N)ccc1Cl. The van der Waals surface area contributed by atoms with E-state index in [4.69, 9.17) is 17.3 Å². The predicted molar refractivity (Wildman–Crippen MR) is 78.0 cm³/mol. The van der Waals surface area contributed by atoms with Gasteiger partial charge in [0.1, 0.15) is 5.75 Å². The summed E-state index contributed by atoms with van der Waals surface area (Å²) in [7, 11) is -3.53. The van der Waals surface area contributed by atoms with Crippen LogP contribution in [-0.2, 0) is 14.6 Å². The van der Waals surface area contributed by atoms with E-state index in [1.165, 1.54) is 12.1 Å². The lowest BCUT2D eigenvalue weighted by Crippen LogP contribution is -2.35. The molecule has 5 nitrogen and oxygen atoms in total. The smallest absolute Gasteiger partial charge is 0.239 e. The van der Waals surface area contributed by atoms with E-state index in [0.29, 0.717) is 16.4 Å². The first-order chi connectivity index (χ1) is 8.53. The fourth-order valence-electron chi connectivity index (χ4n) is 1.21. The molecule has 1 aromatic rings. The molecule has 7 heteroatoms. The maximum absolute atomic E-state index is 11.9. The predicted octanol–water partition coefficient (Wildman–Crippen LogP) is 2.07. The van der Waals surface area contributed by atoms with Crippen molar-refractivity contribution in [3.63, 3.8) is 0 Å². The van der Waals surface area contributed by atoms with Gasteiger partial charge in [-0.2, -0.15) is 0 Å². The summed E-state index contributed by atoms with van der Waals surface area (Å²) in [6, 6.07) is 4.60. The largest absolute Gasteiger partial charge is 0.399 e. The van der Waals surface area contributed by atoms with Crippen molar-refractivity contribution in [3.8, 4) is 0 Å². The van der Waals surface area contributed by atoms with Gasteiger partial charge >= 0.3 is 0 Å².